The number of benzene rings is 1. The van der Waals surface area contributed by atoms with Gasteiger partial charge in [0, 0.05) is 20.2 Å². The van der Waals surface area contributed by atoms with Gasteiger partial charge in [0.25, 0.3) is 5.91 Å². The van der Waals surface area contributed by atoms with Crippen LogP contribution in [-0.4, -0.2) is 81.0 Å². The minimum absolute atomic E-state index is 0.135. The zero-order valence-electron chi connectivity index (χ0n) is 21.9. The maximum absolute atomic E-state index is 14.1. The lowest BCUT2D eigenvalue weighted by atomic mass is 9.86. The summed E-state index contributed by atoms with van der Waals surface area (Å²) in [4.78, 5) is 24.9. The molecule has 2 rings (SSSR count). The van der Waals surface area contributed by atoms with E-state index in [1.54, 1.807) is 31.2 Å². The number of sulfone groups is 1. The number of carbonyl (C=O) groups excluding carboxylic acids is 2. The van der Waals surface area contributed by atoms with E-state index < -0.39 is 44.3 Å². The Balaban J connectivity index is 2.48. The molecule has 0 aliphatic carbocycles. The quantitative estimate of drug-likeness (QED) is 0.307. The van der Waals surface area contributed by atoms with Gasteiger partial charge in [-0.25, -0.2) is 18.7 Å². The maximum Gasteiger partial charge on any atom is 0.410 e. The van der Waals surface area contributed by atoms with E-state index in [0.29, 0.717) is 38.1 Å². The Morgan fingerprint density at radius 3 is 2.17 bits per heavy atom. The third kappa shape index (κ3) is 6.28. The molecule has 1 aliphatic heterocycles. The topological polar surface area (TPSA) is 144 Å². The van der Waals surface area contributed by atoms with Crippen molar-refractivity contribution in [1.29, 1.82) is 0 Å². The van der Waals surface area contributed by atoms with Crippen LogP contribution < -0.4 is 15.5 Å². The molecule has 1 aromatic carbocycles. The minimum atomic E-state index is -4.45. The van der Waals surface area contributed by atoms with Gasteiger partial charge in [0.05, 0.1) is 12.0 Å². The molecule has 2 amide bonds. The normalized spacial score (nSPS) is 17.7. The summed E-state index contributed by atoms with van der Waals surface area (Å²) in [6.45, 7) is 7.94. The first-order chi connectivity index (χ1) is 16.9. The second kappa shape index (κ2) is 12.2. The first kappa shape index (κ1) is 29.8. The minimum Gasteiger partial charge on any atom is -0.497 e. The van der Waals surface area contributed by atoms with Crippen LogP contribution in [0.5, 0.6) is 5.75 Å². The Hall–Kier alpha value is -2.41. The summed E-state index contributed by atoms with van der Waals surface area (Å²) in [5, 5.41) is 12.6. The van der Waals surface area contributed by atoms with Crippen molar-refractivity contribution in [3.63, 3.8) is 0 Å². The molecular formula is C24H39N3O8S. The van der Waals surface area contributed by atoms with Crippen LogP contribution in [0.4, 0.5) is 4.79 Å². The second-order valence-electron chi connectivity index (χ2n) is 9.74. The highest BCUT2D eigenvalue weighted by molar-refractivity contribution is 7.93. The Morgan fingerprint density at radius 1 is 1.14 bits per heavy atom. The fourth-order valence-electron chi connectivity index (χ4n) is 4.42. The molecule has 2 atom stereocenters. The number of hydrogen-bond acceptors (Lipinski definition) is 9. The zero-order chi connectivity index (χ0) is 27.1. The molecule has 1 unspecified atom stereocenters. The largest absolute Gasteiger partial charge is 0.497 e. The van der Waals surface area contributed by atoms with E-state index in [0.717, 1.165) is 0 Å². The number of hydroxylamine groups is 1. The van der Waals surface area contributed by atoms with Crippen LogP contribution in [0.2, 0.25) is 0 Å². The molecule has 1 aliphatic rings. The van der Waals surface area contributed by atoms with E-state index in [9.17, 15) is 23.2 Å². The van der Waals surface area contributed by atoms with E-state index in [1.165, 1.54) is 38.5 Å². The average Bonchev–Trinajstić information content (AvgIpc) is 2.85. The summed E-state index contributed by atoms with van der Waals surface area (Å²) in [6.07, 6.45) is -0.381. The molecule has 1 heterocycles. The number of ether oxygens (including phenoxy) is 3. The first-order valence-corrected chi connectivity index (χ1v) is 13.4. The Labute approximate surface area is 213 Å². The lowest BCUT2D eigenvalue weighted by Gasteiger charge is -2.44. The monoisotopic (exact) mass is 529 g/mol. The SMILES string of the molecule is CCCN[C@](C(=O)NO)(C(OC)C1CCN(C(=O)OC(C)(C)C)CC1)S(=O)(=O)c1ccc(OC)cc1. The maximum atomic E-state index is 14.1. The Kier molecular flexibility index (Phi) is 10.1. The van der Waals surface area contributed by atoms with Gasteiger partial charge in [-0.15, -0.1) is 0 Å². The van der Waals surface area contributed by atoms with Crippen molar-refractivity contribution < 1.29 is 37.4 Å². The van der Waals surface area contributed by atoms with Crippen LogP contribution in [-0.2, 0) is 24.1 Å². The molecular weight excluding hydrogens is 490 g/mol. The third-order valence-corrected chi connectivity index (χ3v) is 8.45. The number of likely N-dealkylation sites (tertiary alicyclic amines) is 1. The molecule has 1 fully saturated rings. The van der Waals surface area contributed by atoms with Gasteiger partial charge in [0.1, 0.15) is 17.5 Å². The van der Waals surface area contributed by atoms with Crippen molar-refractivity contribution in [3.05, 3.63) is 24.3 Å². The number of hydrogen-bond donors (Lipinski definition) is 3. The first-order valence-electron chi connectivity index (χ1n) is 12.0. The Morgan fingerprint density at radius 2 is 1.72 bits per heavy atom. The van der Waals surface area contributed by atoms with Crippen LogP contribution in [0.1, 0.15) is 47.0 Å². The highest BCUT2D eigenvalue weighted by atomic mass is 32.2. The van der Waals surface area contributed by atoms with Crippen LogP contribution in [0, 0.1) is 5.92 Å². The molecule has 11 nitrogen and oxygen atoms in total. The van der Waals surface area contributed by atoms with E-state index in [-0.39, 0.29) is 11.4 Å². The van der Waals surface area contributed by atoms with Crippen molar-refractivity contribution in [2.45, 2.75) is 68.4 Å². The number of carbonyl (C=O) groups is 2. The molecule has 0 saturated carbocycles. The lowest BCUT2D eigenvalue weighted by Crippen LogP contribution is -2.70. The number of piperidine rings is 1. The van der Waals surface area contributed by atoms with Crippen LogP contribution >= 0.6 is 0 Å². The van der Waals surface area contributed by atoms with Gasteiger partial charge in [-0.2, -0.15) is 0 Å². The van der Waals surface area contributed by atoms with E-state index in [4.69, 9.17) is 14.2 Å². The van der Waals surface area contributed by atoms with Gasteiger partial charge in [0.2, 0.25) is 14.7 Å². The molecule has 204 valence electrons. The number of rotatable bonds is 10. The average molecular weight is 530 g/mol. The van der Waals surface area contributed by atoms with Gasteiger partial charge >= 0.3 is 6.09 Å². The number of nitrogens with zero attached hydrogens (tertiary/aromatic N) is 1. The second-order valence-corrected chi connectivity index (χ2v) is 11.9. The smallest absolute Gasteiger partial charge is 0.410 e. The number of amides is 2. The zero-order valence-corrected chi connectivity index (χ0v) is 22.7. The lowest BCUT2D eigenvalue weighted by molar-refractivity contribution is -0.139. The summed E-state index contributed by atoms with van der Waals surface area (Å²) < 4.78 is 44.5. The molecule has 0 radical (unpaired) electrons. The number of nitrogens with one attached hydrogen (secondary N) is 2. The molecule has 0 bridgehead atoms. The van der Waals surface area contributed by atoms with Gasteiger partial charge in [-0.05, 0) is 76.8 Å². The third-order valence-electron chi connectivity index (χ3n) is 6.14. The van der Waals surface area contributed by atoms with Crippen molar-refractivity contribution >= 4 is 21.8 Å². The van der Waals surface area contributed by atoms with Gasteiger partial charge < -0.3 is 19.1 Å². The van der Waals surface area contributed by atoms with Crippen LogP contribution in [0.25, 0.3) is 0 Å². The van der Waals surface area contributed by atoms with E-state index in [2.05, 4.69) is 5.32 Å². The van der Waals surface area contributed by atoms with Crippen molar-refractivity contribution in [2.24, 2.45) is 5.92 Å². The van der Waals surface area contributed by atoms with Crippen LogP contribution in [0.15, 0.2) is 29.2 Å². The molecule has 0 aromatic heterocycles. The standard InChI is InChI=1S/C24H39N3O8S/c1-7-14-25-24(21(28)26-30,36(31,32)19-10-8-18(33-5)9-11-19)20(34-6)17-12-15-27(16-13-17)22(29)35-23(2,3)4/h8-11,17,20,25,30H,7,12-16H2,1-6H3,(H,26,28)/t20?,24-/m1/s1. The molecule has 1 aromatic rings. The predicted molar refractivity (Wildman–Crippen MR) is 132 cm³/mol. The fraction of sp³-hybridized carbons (Fsp3) is 0.667. The molecule has 36 heavy (non-hydrogen) atoms. The molecule has 3 N–H and O–H groups in total. The summed E-state index contributed by atoms with van der Waals surface area (Å²) in [5.41, 5.74) is 0.905. The highest BCUT2D eigenvalue weighted by Crippen LogP contribution is 2.37. The van der Waals surface area contributed by atoms with Crippen molar-refractivity contribution in [1.82, 2.24) is 15.7 Å². The fourth-order valence-corrected chi connectivity index (χ4v) is 6.46. The number of methoxy groups -OCH3 is 2. The summed E-state index contributed by atoms with van der Waals surface area (Å²) in [5.74, 6) is -1.12. The van der Waals surface area contributed by atoms with Crippen LogP contribution in [0.3, 0.4) is 0 Å². The predicted octanol–water partition coefficient (Wildman–Crippen LogP) is 2.33. The summed E-state index contributed by atoms with van der Waals surface area (Å²) in [6, 6.07) is 5.66. The summed E-state index contributed by atoms with van der Waals surface area (Å²) in [7, 11) is -1.66. The Bertz CT molecular complexity index is 986. The summed E-state index contributed by atoms with van der Waals surface area (Å²) >= 11 is 0. The molecule has 0 spiro atoms. The van der Waals surface area contributed by atoms with Crippen molar-refractivity contribution in [3.8, 4) is 5.75 Å². The highest BCUT2D eigenvalue weighted by Gasteiger charge is 2.59. The molecule has 12 heteroatoms. The van der Waals surface area contributed by atoms with Crippen molar-refractivity contribution in [2.75, 3.05) is 33.9 Å². The van der Waals surface area contributed by atoms with Gasteiger partial charge in [-0.3, -0.25) is 15.3 Å². The van der Waals surface area contributed by atoms with E-state index in [1.807, 2.05) is 6.92 Å². The molecule has 1 saturated heterocycles. The van der Waals surface area contributed by atoms with E-state index >= 15 is 0 Å². The van der Waals surface area contributed by atoms with Gasteiger partial charge in [-0.1, -0.05) is 6.92 Å². The van der Waals surface area contributed by atoms with Gasteiger partial charge in [0.15, 0.2) is 0 Å².